The molecule has 0 saturated carbocycles. The first-order chi connectivity index (χ1) is 9.91. The first-order valence-corrected chi connectivity index (χ1v) is 8.29. The minimum atomic E-state index is -3.74. The van der Waals surface area contributed by atoms with E-state index in [1.54, 1.807) is 6.07 Å². The lowest BCUT2D eigenvalue weighted by atomic mass is 9.99. The van der Waals surface area contributed by atoms with Gasteiger partial charge in [0.1, 0.15) is 10.7 Å². The summed E-state index contributed by atoms with van der Waals surface area (Å²) in [5.74, 6) is 0.393. The third-order valence-electron chi connectivity index (χ3n) is 3.60. The van der Waals surface area contributed by atoms with Gasteiger partial charge in [-0.15, -0.1) is 0 Å². The van der Waals surface area contributed by atoms with Gasteiger partial charge in [-0.25, -0.2) is 18.5 Å². The maximum absolute atomic E-state index is 11.5. The van der Waals surface area contributed by atoms with Crippen molar-refractivity contribution in [3.05, 3.63) is 18.3 Å². The van der Waals surface area contributed by atoms with Crippen molar-refractivity contribution in [2.45, 2.75) is 36.6 Å². The van der Waals surface area contributed by atoms with E-state index in [9.17, 15) is 13.2 Å². The third kappa shape index (κ3) is 3.92. The van der Waals surface area contributed by atoms with Crippen molar-refractivity contribution in [2.24, 2.45) is 5.14 Å². The number of aromatic nitrogens is 1. The van der Waals surface area contributed by atoms with E-state index in [-0.39, 0.29) is 16.9 Å². The summed E-state index contributed by atoms with van der Waals surface area (Å²) in [6.07, 6.45) is 4.49. The number of hydrogen-bond acceptors (Lipinski definition) is 6. The summed E-state index contributed by atoms with van der Waals surface area (Å²) < 4.78 is 27.2. The molecule has 1 aromatic rings. The Balaban J connectivity index is 2.19. The summed E-state index contributed by atoms with van der Waals surface area (Å²) in [7, 11) is -2.37. The number of hydrogen-bond donors (Lipinski definition) is 1. The maximum atomic E-state index is 11.5. The number of carbonyl (C=O) groups is 1. The molecule has 1 atom stereocenters. The molecular formula is C13H19N3O4S. The molecule has 116 valence electrons. The molecule has 0 aliphatic carbocycles. The van der Waals surface area contributed by atoms with Gasteiger partial charge in [0.05, 0.1) is 13.5 Å². The van der Waals surface area contributed by atoms with Gasteiger partial charge in [0.25, 0.3) is 0 Å². The number of esters is 1. The Kier molecular flexibility index (Phi) is 4.79. The van der Waals surface area contributed by atoms with E-state index < -0.39 is 10.0 Å². The topological polar surface area (TPSA) is 103 Å². The summed E-state index contributed by atoms with van der Waals surface area (Å²) in [4.78, 5) is 17.6. The highest BCUT2D eigenvalue weighted by molar-refractivity contribution is 7.89. The predicted octanol–water partition coefficient (Wildman–Crippen LogP) is 0.651. The van der Waals surface area contributed by atoms with E-state index in [0.29, 0.717) is 12.2 Å². The van der Waals surface area contributed by atoms with Crippen LogP contribution in [0.15, 0.2) is 23.2 Å². The van der Waals surface area contributed by atoms with Crippen LogP contribution in [0.1, 0.15) is 25.7 Å². The fraction of sp³-hybridized carbons (Fsp3) is 0.538. The number of primary sulfonamides is 1. The zero-order chi connectivity index (χ0) is 15.5. The number of methoxy groups -OCH3 is 1. The second kappa shape index (κ2) is 6.40. The van der Waals surface area contributed by atoms with E-state index in [1.807, 2.05) is 4.90 Å². The SMILES string of the molecule is COC(=O)CC1CCCCN1c1ccc(S(N)(=O)=O)cn1. The molecule has 0 bridgehead atoms. The maximum Gasteiger partial charge on any atom is 0.307 e. The van der Waals surface area contributed by atoms with E-state index in [4.69, 9.17) is 9.88 Å². The van der Waals surface area contributed by atoms with Crippen LogP contribution in [0.5, 0.6) is 0 Å². The van der Waals surface area contributed by atoms with Crippen LogP contribution in [-0.4, -0.2) is 39.1 Å². The second-order valence-corrected chi connectivity index (χ2v) is 6.58. The van der Waals surface area contributed by atoms with Crippen molar-refractivity contribution < 1.29 is 17.9 Å². The molecule has 0 radical (unpaired) electrons. The fourth-order valence-corrected chi connectivity index (χ4v) is 2.96. The smallest absolute Gasteiger partial charge is 0.307 e. The molecule has 0 spiro atoms. The molecule has 1 saturated heterocycles. The van der Waals surface area contributed by atoms with Crippen LogP contribution in [0.25, 0.3) is 0 Å². The Hall–Kier alpha value is -1.67. The molecule has 1 unspecified atom stereocenters. The summed E-state index contributed by atoms with van der Waals surface area (Å²) in [5, 5.41) is 5.05. The number of nitrogens with two attached hydrogens (primary N) is 1. The highest BCUT2D eigenvalue weighted by atomic mass is 32.2. The lowest BCUT2D eigenvalue weighted by Gasteiger charge is -2.36. The van der Waals surface area contributed by atoms with Crippen molar-refractivity contribution in [3.63, 3.8) is 0 Å². The molecule has 1 fully saturated rings. The number of nitrogens with zero attached hydrogens (tertiary/aromatic N) is 2. The fourth-order valence-electron chi connectivity index (χ4n) is 2.50. The average molecular weight is 313 g/mol. The van der Waals surface area contributed by atoms with Crippen LogP contribution in [-0.2, 0) is 19.6 Å². The molecule has 7 nitrogen and oxygen atoms in total. The molecule has 2 heterocycles. The van der Waals surface area contributed by atoms with Gasteiger partial charge >= 0.3 is 5.97 Å². The third-order valence-corrected chi connectivity index (χ3v) is 4.50. The first-order valence-electron chi connectivity index (χ1n) is 6.74. The van der Waals surface area contributed by atoms with Crippen molar-refractivity contribution in [1.29, 1.82) is 0 Å². The lowest BCUT2D eigenvalue weighted by molar-refractivity contribution is -0.141. The van der Waals surface area contributed by atoms with Crippen molar-refractivity contribution in [3.8, 4) is 0 Å². The van der Waals surface area contributed by atoms with Crippen molar-refractivity contribution >= 4 is 21.8 Å². The van der Waals surface area contributed by atoms with Gasteiger partial charge in [-0.3, -0.25) is 4.79 Å². The van der Waals surface area contributed by atoms with Gasteiger partial charge < -0.3 is 9.64 Å². The average Bonchev–Trinajstić information content (AvgIpc) is 2.47. The van der Waals surface area contributed by atoms with E-state index in [0.717, 1.165) is 25.8 Å². The molecule has 21 heavy (non-hydrogen) atoms. The second-order valence-electron chi connectivity index (χ2n) is 5.02. The summed E-state index contributed by atoms with van der Waals surface area (Å²) >= 11 is 0. The van der Waals surface area contributed by atoms with E-state index in [1.165, 1.54) is 19.4 Å². The number of sulfonamides is 1. The number of carbonyl (C=O) groups excluding carboxylic acids is 1. The normalized spacial score (nSPS) is 19.3. The highest BCUT2D eigenvalue weighted by Crippen LogP contribution is 2.25. The first kappa shape index (κ1) is 15.7. The predicted molar refractivity (Wildman–Crippen MR) is 77.2 cm³/mol. The molecule has 2 rings (SSSR count). The van der Waals surface area contributed by atoms with E-state index >= 15 is 0 Å². The standard InChI is InChI=1S/C13H19N3O4S/c1-20-13(17)8-10-4-2-3-7-16(10)12-6-5-11(9-15-12)21(14,18)19/h5-6,9-10H,2-4,7-8H2,1H3,(H2,14,18,19). The number of ether oxygens (including phenoxy) is 1. The monoisotopic (exact) mass is 313 g/mol. The molecule has 8 heteroatoms. The van der Waals surface area contributed by atoms with Crippen LogP contribution in [0.3, 0.4) is 0 Å². The quantitative estimate of drug-likeness (QED) is 0.819. The Morgan fingerprint density at radius 1 is 1.48 bits per heavy atom. The van der Waals surface area contributed by atoms with Crippen molar-refractivity contribution in [1.82, 2.24) is 4.98 Å². The number of pyridine rings is 1. The molecule has 0 aromatic carbocycles. The Labute approximate surface area is 124 Å². The molecule has 1 aromatic heterocycles. The van der Waals surface area contributed by atoms with Crippen molar-refractivity contribution in [2.75, 3.05) is 18.6 Å². The molecule has 0 amide bonds. The number of rotatable bonds is 4. The summed E-state index contributed by atoms with van der Waals surface area (Å²) in [6, 6.07) is 3.08. The number of anilines is 1. The highest BCUT2D eigenvalue weighted by Gasteiger charge is 2.26. The zero-order valence-electron chi connectivity index (χ0n) is 11.9. The van der Waals surface area contributed by atoms with Crippen LogP contribution < -0.4 is 10.0 Å². The van der Waals surface area contributed by atoms with Crippen LogP contribution in [0.4, 0.5) is 5.82 Å². The Morgan fingerprint density at radius 2 is 2.24 bits per heavy atom. The molecule has 1 aliphatic rings. The van der Waals surface area contributed by atoms with Crippen LogP contribution >= 0.6 is 0 Å². The molecular weight excluding hydrogens is 294 g/mol. The summed E-state index contributed by atoms with van der Waals surface area (Å²) in [6.45, 7) is 0.781. The largest absolute Gasteiger partial charge is 0.469 e. The minimum Gasteiger partial charge on any atom is -0.469 e. The molecule has 1 aliphatic heterocycles. The van der Waals surface area contributed by atoms with E-state index in [2.05, 4.69) is 4.98 Å². The zero-order valence-corrected chi connectivity index (χ0v) is 12.7. The van der Waals surface area contributed by atoms with Crippen LogP contribution in [0.2, 0.25) is 0 Å². The minimum absolute atomic E-state index is 0.0206. The Morgan fingerprint density at radius 3 is 2.81 bits per heavy atom. The van der Waals surface area contributed by atoms with Gasteiger partial charge in [-0.2, -0.15) is 0 Å². The van der Waals surface area contributed by atoms with Crippen LogP contribution in [0, 0.1) is 0 Å². The summed E-state index contributed by atoms with van der Waals surface area (Å²) in [5.41, 5.74) is 0. The number of piperidine rings is 1. The van der Waals surface area contributed by atoms with Gasteiger partial charge in [-0.1, -0.05) is 0 Å². The van der Waals surface area contributed by atoms with Gasteiger partial charge in [0, 0.05) is 18.8 Å². The van der Waals surface area contributed by atoms with Gasteiger partial charge in [0.2, 0.25) is 10.0 Å². The lowest BCUT2D eigenvalue weighted by Crippen LogP contribution is -2.41. The molecule has 2 N–H and O–H groups in total. The van der Waals surface area contributed by atoms with Gasteiger partial charge in [0.15, 0.2) is 0 Å². The Bertz CT molecular complexity index is 600. The van der Waals surface area contributed by atoms with Gasteiger partial charge in [-0.05, 0) is 31.4 Å².